The molecule has 0 N–H and O–H groups in total. The fourth-order valence-corrected chi connectivity index (χ4v) is 0.653. The predicted molar refractivity (Wildman–Crippen MR) is 30.6 cm³/mol. The van der Waals surface area contributed by atoms with Gasteiger partial charge in [-0.15, -0.1) is 0 Å². The Morgan fingerprint density at radius 1 is 1.60 bits per heavy atom. The van der Waals surface area contributed by atoms with E-state index in [4.69, 9.17) is 0 Å². The van der Waals surface area contributed by atoms with E-state index in [1.807, 2.05) is 0 Å². The summed E-state index contributed by atoms with van der Waals surface area (Å²) in [7, 11) is 0. The number of cyclic esters (lactones) is 2. The smallest absolute Gasteiger partial charge is 1.00 e. The van der Waals surface area contributed by atoms with Crippen LogP contribution in [0.15, 0.2) is 11.6 Å². The Morgan fingerprint density at radius 3 is 2.40 bits per heavy atom. The van der Waals surface area contributed by atoms with Crippen LogP contribution in [0.2, 0.25) is 0 Å². The summed E-state index contributed by atoms with van der Waals surface area (Å²) in [6, 6.07) is 0. The van der Waals surface area contributed by atoms with E-state index < -0.39 is 11.9 Å². The van der Waals surface area contributed by atoms with Crippen molar-refractivity contribution in [3.63, 3.8) is 0 Å². The second-order valence-electron chi connectivity index (χ2n) is 1.75. The number of esters is 2. The maximum absolute atomic E-state index is 10.5. The minimum absolute atomic E-state index is 0. The third-order valence-electron chi connectivity index (χ3n) is 1.15. The van der Waals surface area contributed by atoms with E-state index in [1.165, 1.54) is 0 Å². The molecule has 0 atom stereocenters. The van der Waals surface area contributed by atoms with Gasteiger partial charge >= 0.3 is 41.5 Å². The fourth-order valence-electron chi connectivity index (χ4n) is 0.653. The molecule has 0 aromatic heterocycles. The second kappa shape index (κ2) is 3.91. The Labute approximate surface area is 82.2 Å². The van der Waals surface area contributed by atoms with E-state index in [0.717, 1.165) is 0 Å². The van der Waals surface area contributed by atoms with Gasteiger partial charge in [0.05, 0.1) is 6.42 Å². The summed E-state index contributed by atoms with van der Waals surface area (Å²) in [6.45, 7) is 1.70. The van der Waals surface area contributed by atoms with Crippen LogP contribution in [0.5, 0.6) is 0 Å². The third-order valence-corrected chi connectivity index (χ3v) is 1.15. The van der Waals surface area contributed by atoms with Crippen LogP contribution >= 0.6 is 0 Å². The maximum atomic E-state index is 10.5. The second-order valence-corrected chi connectivity index (χ2v) is 1.75. The first-order valence-corrected chi connectivity index (χ1v) is 2.64. The van der Waals surface area contributed by atoms with Gasteiger partial charge in [-0.25, -0.2) is 4.79 Å². The van der Waals surface area contributed by atoms with Gasteiger partial charge in [-0.1, -0.05) is 6.08 Å². The molecule has 0 aromatic rings. The Balaban J connectivity index is 0. The van der Waals surface area contributed by atoms with E-state index in [0.29, 0.717) is 5.57 Å². The van der Waals surface area contributed by atoms with Gasteiger partial charge < -0.3 is 6.16 Å². The predicted octanol–water partition coefficient (Wildman–Crippen LogP) is -2.48. The van der Waals surface area contributed by atoms with Crippen molar-refractivity contribution in [3.05, 3.63) is 11.6 Å². The van der Waals surface area contributed by atoms with Crippen molar-refractivity contribution in [2.75, 3.05) is 0 Å². The standard InChI is InChI=1S/C6H6O3.Na.H/c1-2-4-3-5(7)9-6(4)8;;/h2H,3H2,1H3;;/q;+1;-1. The number of ether oxygens (including phenoxy) is 1. The van der Waals surface area contributed by atoms with Gasteiger partial charge in [0, 0.05) is 5.57 Å². The van der Waals surface area contributed by atoms with Crippen molar-refractivity contribution in [3.8, 4) is 0 Å². The maximum Gasteiger partial charge on any atom is 1.00 e. The van der Waals surface area contributed by atoms with E-state index in [-0.39, 0.29) is 37.4 Å². The minimum Gasteiger partial charge on any atom is -1.00 e. The van der Waals surface area contributed by atoms with Gasteiger partial charge in [-0.2, -0.15) is 0 Å². The van der Waals surface area contributed by atoms with Gasteiger partial charge in [0.15, 0.2) is 0 Å². The van der Waals surface area contributed by atoms with E-state index in [1.54, 1.807) is 13.0 Å². The first-order valence-electron chi connectivity index (χ1n) is 2.64. The van der Waals surface area contributed by atoms with Gasteiger partial charge in [0.25, 0.3) is 0 Å². The van der Waals surface area contributed by atoms with E-state index in [2.05, 4.69) is 4.74 Å². The molecule has 0 unspecified atom stereocenters. The third kappa shape index (κ3) is 1.94. The van der Waals surface area contributed by atoms with Gasteiger partial charge in [-0.3, -0.25) is 4.79 Å². The fraction of sp³-hybridized carbons (Fsp3) is 0.333. The quantitative estimate of drug-likeness (QED) is 0.166. The summed E-state index contributed by atoms with van der Waals surface area (Å²) in [5, 5.41) is 0. The van der Waals surface area contributed by atoms with E-state index >= 15 is 0 Å². The summed E-state index contributed by atoms with van der Waals surface area (Å²) in [6.07, 6.45) is 1.72. The molecule has 0 bridgehead atoms. The Hall–Kier alpha value is -0.120. The number of hydrogen-bond donors (Lipinski definition) is 0. The zero-order valence-corrected chi connectivity index (χ0v) is 8.01. The summed E-state index contributed by atoms with van der Waals surface area (Å²) < 4.78 is 4.22. The van der Waals surface area contributed by atoms with Crippen LogP contribution in [0.3, 0.4) is 0 Å². The Morgan fingerprint density at radius 2 is 2.20 bits per heavy atom. The molecule has 1 saturated heterocycles. The number of carbonyl (C=O) groups is 2. The van der Waals surface area contributed by atoms with Crippen molar-refractivity contribution in [2.45, 2.75) is 13.3 Å². The van der Waals surface area contributed by atoms with Gasteiger partial charge in [0.2, 0.25) is 0 Å². The molecule has 1 rings (SSSR count). The van der Waals surface area contributed by atoms with Crippen molar-refractivity contribution in [2.24, 2.45) is 0 Å². The largest absolute Gasteiger partial charge is 1.00 e. The minimum atomic E-state index is -0.498. The summed E-state index contributed by atoms with van der Waals surface area (Å²) >= 11 is 0. The molecule has 0 aromatic carbocycles. The van der Waals surface area contributed by atoms with Crippen LogP contribution < -0.4 is 29.6 Å². The van der Waals surface area contributed by atoms with Crippen molar-refractivity contribution in [1.82, 2.24) is 0 Å². The van der Waals surface area contributed by atoms with Gasteiger partial charge in [0.1, 0.15) is 0 Å². The average Bonchev–Trinajstić information content (AvgIpc) is 2.10. The summed E-state index contributed by atoms with van der Waals surface area (Å²) in [4.78, 5) is 20.8. The molecule has 0 saturated carbocycles. The molecule has 0 amide bonds. The molecule has 10 heavy (non-hydrogen) atoms. The first-order chi connectivity index (χ1) is 4.24. The average molecular weight is 150 g/mol. The molecule has 0 radical (unpaired) electrons. The number of hydrogen-bond acceptors (Lipinski definition) is 3. The van der Waals surface area contributed by atoms with Crippen LogP contribution in [0, 0.1) is 0 Å². The molecular weight excluding hydrogens is 143 g/mol. The summed E-state index contributed by atoms with van der Waals surface area (Å²) in [5.41, 5.74) is 0.458. The number of rotatable bonds is 0. The Bertz CT molecular complexity index is 200. The van der Waals surface area contributed by atoms with Crippen LogP contribution in [-0.2, 0) is 14.3 Å². The monoisotopic (exact) mass is 150 g/mol. The summed E-state index contributed by atoms with van der Waals surface area (Å²) in [5.74, 6) is -0.949. The molecule has 3 nitrogen and oxygen atoms in total. The first kappa shape index (κ1) is 9.88. The van der Waals surface area contributed by atoms with Crippen molar-refractivity contribution < 1.29 is 45.3 Å². The molecule has 1 aliphatic heterocycles. The van der Waals surface area contributed by atoms with Crippen LogP contribution in [0.25, 0.3) is 0 Å². The molecule has 0 spiro atoms. The zero-order chi connectivity index (χ0) is 6.85. The van der Waals surface area contributed by atoms with Crippen LogP contribution in [0.1, 0.15) is 14.8 Å². The SMILES string of the molecule is CC=C1CC(=O)OC1=O.[H-].[Na+]. The van der Waals surface area contributed by atoms with Crippen LogP contribution in [-0.4, -0.2) is 11.9 Å². The molecule has 1 fully saturated rings. The molecular formula is C6H7NaO3. The normalized spacial score (nSPS) is 20.7. The topological polar surface area (TPSA) is 43.4 Å². The van der Waals surface area contributed by atoms with Crippen molar-refractivity contribution in [1.29, 1.82) is 0 Å². The Kier molecular flexibility index (Phi) is 3.86. The molecule has 1 aliphatic rings. The number of carbonyl (C=O) groups excluding carboxylic acids is 2. The van der Waals surface area contributed by atoms with E-state index in [9.17, 15) is 9.59 Å². The van der Waals surface area contributed by atoms with Crippen molar-refractivity contribution >= 4 is 11.9 Å². The van der Waals surface area contributed by atoms with Crippen LogP contribution in [0.4, 0.5) is 0 Å². The molecule has 50 valence electrons. The zero-order valence-electron chi connectivity index (χ0n) is 7.01. The molecule has 0 aliphatic carbocycles. The molecule has 4 heteroatoms. The number of allylic oxidation sites excluding steroid dienone is 1. The molecule has 1 heterocycles. The van der Waals surface area contributed by atoms with Gasteiger partial charge in [-0.05, 0) is 6.92 Å².